The predicted octanol–water partition coefficient (Wildman–Crippen LogP) is -1.11. The van der Waals surface area contributed by atoms with E-state index in [1.807, 2.05) is 0 Å². The molecule has 0 bridgehead atoms. The maximum Gasteiger partial charge on any atom is 0.326 e. The molecule has 9 amide bonds. The minimum Gasteiger partial charge on any atom is -0.508 e. The van der Waals surface area contributed by atoms with Gasteiger partial charge in [-0.2, -0.15) is 0 Å². The molecule has 0 unspecified atom stereocenters. The van der Waals surface area contributed by atoms with Gasteiger partial charge in [-0.1, -0.05) is 67.1 Å². The molecule has 0 aliphatic heterocycles. The summed E-state index contributed by atoms with van der Waals surface area (Å²) in [5.41, 5.74) is 20.2. The van der Waals surface area contributed by atoms with Crippen LogP contribution in [0.15, 0.2) is 109 Å². The molecule has 29 nitrogen and oxygen atoms in total. The van der Waals surface area contributed by atoms with Gasteiger partial charge in [0.05, 0.1) is 18.7 Å². The monoisotopic (exact) mass is 1260 g/mol. The van der Waals surface area contributed by atoms with Gasteiger partial charge >= 0.3 is 11.9 Å². The Morgan fingerprint density at radius 2 is 0.934 bits per heavy atom. The van der Waals surface area contributed by atoms with Crippen molar-refractivity contribution in [2.75, 3.05) is 13.1 Å². The van der Waals surface area contributed by atoms with Crippen LogP contribution >= 0.6 is 0 Å². The summed E-state index contributed by atoms with van der Waals surface area (Å²) in [5, 5.41) is 71.5. The van der Waals surface area contributed by atoms with E-state index in [2.05, 4.69) is 52.5 Å². The zero-order valence-electron chi connectivity index (χ0n) is 49.7. The van der Waals surface area contributed by atoms with Gasteiger partial charge in [0.1, 0.15) is 53.8 Å². The number of carboxylic acid groups (broad SMARTS) is 2. The number of phenols is 2. The number of aromatic amines is 2. The molecule has 0 radical (unpaired) electrons. The van der Waals surface area contributed by atoms with E-state index in [1.165, 1.54) is 55.5 Å². The number of primary amides is 1. The van der Waals surface area contributed by atoms with Gasteiger partial charge in [-0.05, 0) is 97.8 Å². The normalized spacial score (nSPS) is 14.2. The highest BCUT2D eigenvalue weighted by Crippen LogP contribution is 2.22. The van der Waals surface area contributed by atoms with E-state index in [-0.39, 0.29) is 43.6 Å². The van der Waals surface area contributed by atoms with Crippen molar-refractivity contribution in [1.29, 1.82) is 0 Å². The number of carboxylic acids is 2. The molecule has 0 aliphatic rings. The Morgan fingerprint density at radius 1 is 0.495 bits per heavy atom. The third kappa shape index (κ3) is 21.4. The van der Waals surface area contributed by atoms with Crippen molar-refractivity contribution in [2.24, 2.45) is 17.2 Å². The third-order valence-corrected chi connectivity index (χ3v) is 14.9. The number of aromatic hydroxyl groups is 2. The van der Waals surface area contributed by atoms with Gasteiger partial charge < -0.3 is 95.2 Å². The van der Waals surface area contributed by atoms with Gasteiger partial charge in [-0.3, -0.25) is 47.9 Å². The number of hydrogen-bond donors (Lipinski definition) is 18. The molecular weight excluding hydrogens is 1180 g/mol. The first-order chi connectivity index (χ1) is 43.4. The number of aromatic nitrogens is 2. The number of benzene rings is 4. The quantitative estimate of drug-likeness (QED) is 0.0207. The molecule has 2 heterocycles. The number of aliphatic carboxylic acids is 2. The van der Waals surface area contributed by atoms with Crippen molar-refractivity contribution in [3.05, 3.63) is 132 Å². The highest BCUT2D eigenvalue weighted by atomic mass is 16.4. The molecule has 2 aromatic heterocycles. The molecule has 21 N–H and O–H groups in total. The first-order valence-corrected chi connectivity index (χ1v) is 29.3. The summed E-state index contributed by atoms with van der Waals surface area (Å²) in [6.07, 6.45) is -0.263. The summed E-state index contributed by atoms with van der Waals surface area (Å²) in [7, 11) is 0. The van der Waals surface area contributed by atoms with Crippen LogP contribution in [-0.4, -0.2) is 168 Å². The minimum absolute atomic E-state index is 0.102. The van der Waals surface area contributed by atoms with Crippen LogP contribution in [0, 0.1) is 0 Å². The molecule has 29 heteroatoms. The van der Waals surface area contributed by atoms with Crippen molar-refractivity contribution in [1.82, 2.24) is 52.5 Å². The molecular formula is C62H77N13O16. The number of para-hydroxylation sites is 2. The fraction of sp³-hybridized carbons (Fsp3) is 0.371. The number of rotatable bonds is 36. The molecule has 6 rings (SSSR count). The largest absolute Gasteiger partial charge is 0.508 e. The molecule has 0 aliphatic carbocycles. The second-order valence-corrected chi connectivity index (χ2v) is 21.9. The Kier molecular flexibility index (Phi) is 25.9. The molecule has 4 aromatic carbocycles. The number of nitrogens with two attached hydrogens (primary N) is 3. The first kappa shape index (κ1) is 69.7. The number of aliphatic hydroxyl groups excluding tert-OH is 1. The van der Waals surface area contributed by atoms with E-state index < -0.39 is 152 Å². The number of unbranched alkanes of at least 4 members (excludes halogenated alkanes) is 1. The van der Waals surface area contributed by atoms with Gasteiger partial charge in [0, 0.05) is 72.7 Å². The van der Waals surface area contributed by atoms with Crippen LogP contribution in [0.4, 0.5) is 0 Å². The van der Waals surface area contributed by atoms with Gasteiger partial charge in [0.25, 0.3) is 0 Å². The van der Waals surface area contributed by atoms with Crippen LogP contribution in [-0.2, 0) is 78.4 Å². The summed E-state index contributed by atoms with van der Waals surface area (Å²) in [5.74, 6) is -11.9. The Morgan fingerprint density at radius 3 is 1.43 bits per heavy atom. The third-order valence-electron chi connectivity index (χ3n) is 14.9. The van der Waals surface area contributed by atoms with E-state index >= 15 is 0 Å². The van der Waals surface area contributed by atoms with Crippen molar-refractivity contribution in [3.63, 3.8) is 0 Å². The van der Waals surface area contributed by atoms with E-state index in [4.69, 9.17) is 17.2 Å². The lowest BCUT2D eigenvalue weighted by molar-refractivity contribution is -0.143. The second kappa shape index (κ2) is 33.8. The van der Waals surface area contributed by atoms with Gasteiger partial charge in [0.2, 0.25) is 53.2 Å². The number of aliphatic hydroxyl groups is 1. The number of amides is 9. The van der Waals surface area contributed by atoms with Crippen LogP contribution < -0.4 is 59.7 Å². The first-order valence-electron chi connectivity index (χ1n) is 29.3. The number of carbonyl (C=O) groups is 11. The zero-order chi connectivity index (χ0) is 66.3. The van der Waals surface area contributed by atoms with Crippen LogP contribution in [0.25, 0.3) is 21.8 Å². The summed E-state index contributed by atoms with van der Waals surface area (Å²) < 4.78 is 0. The van der Waals surface area contributed by atoms with E-state index in [1.54, 1.807) is 60.9 Å². The fourth-order valence-corrected chi connectivity index (χ4v) is 9.89. The number of hydrogen-bond acceptors (Lipinski definition) is 16. The second-order valence-electron chi connectivity index (χ2n) is 21.9. The molecule has 6 aromatic rings. The average molecular weight is 1260 g/mol. The number of carbonyl (C=O) groups excluding carboxylic acids is 9. The Hall–Kier alpha value is -10.4. The van der Waals surface area contributed by atoms with Crippen LogP contribution in [0.2, 0.25) is 0 Å². The fourth-order valence-electron chi connectivity index (χ4n) is 9.89. The van der Waals surface area contributed by atoms with E-state index in [0.29, 0.717) is 63.4 Å². The number of H-pyrrole nitrogens is 2. The summed E-state index contributed by atoms with van der Waals surface area (Å²) in [6, 6.07) is 12.6. The summed E-state index contributed by atoms with van der Waals surface area (Å²) in [6.45, 7) is 0.765. The summed E-state index contributed by atoms with van der Waals surface area (Å²) in [4.78, 5) is 156. The minimum atomic E-state index is -1.70. The SMILES string of the molecule is C[C@@H](O)[C@H](NC(=O)[C@@H](N)CCCCN)C(=O)N[C@@H](Cc1c[nH]c2ccccc12)C(=O)NCC(=O)N[C@@H](CCC(N)=O)C(=O)N[C@@H](Cc1ccc(O)cc1)C(=O)N[C@@H](Cc1c[nH]c2ccccc12)C(=O)N[C@@H](CCC(=O)O)C(=O)N[C@@H](Cc1ccc(O)cc1)C(=O)O. The Labute approximate surface area is 521 Å². The maximum absolute atomic E-state index is 14.8. The molecule has 486 valence electrons. The smallest absolute Gasteiger partial charge is 0.326 e. The Bertz CT molecular complexity index is 3540. The van der Waals surface area contributed by atoms with Crippen molar-refractivity contribution >= 4 is 86.9 Å². The van der Waals surface area contributed by atoms with Crippen LogP contribution in [0.1, 0.15) is 74.1 Å². The lowest BCUT2D eigenvalue weighted by atomic mass is 10.0. The maximum atomic E-state index is 14.8. The lowest BCUT2D eigenvalue weighted by Gasteiger charge is -2.27. The van der Waals surface area contributed by atoms with Crippen molar-refractivity contribution < 1.29 is 78.3 Å². The highest BCUT2D eigenvalue weighted by Gasteiger charge is 2.36. The van der Waals surface area contributed by atoms with E-state index in [0.717, 1.165) is 0 Å². The van der Waals surface area contributed by atoms with Gasteiger partial charge in [-0.25, -0.2) is 4.79 Å². The standard InChI is InChI=1S/C62H77N13O16/c1-33(76)54(75-55(83)42(64)10-6-7-25-63)61(89)73-48(28-36-30-66-43-11-4-2-8-40(36)43)56(84)68-32-52(80)69-45(21-23-51(65)79)57(85)71-47(26-34-13-17-38(77)18-14-34)59(87)72-49(29-37-31-67-44-12-5-3-9-41(37)44)60(88)70-46(22-24-53(81)82)58(86)74-50(62(90)91)27-35-15-19-39(78)20-16-35/h2-5,8-9,11-20,30-31,33,42,45-50,54,66-67,76-78H,6-7,10,21-29,32,63-64H2,1H3,(H2,65,79)(H,68,84)(H,69,80)(H,70,88)(H,71,85)(H,72,87)(H,73,89)(H,74,86)(H,75,83)(H,81,82)(H,90,91)/t33-,42+,45+,46+,47+,48+,49+,50+,54+/m1/s1. The number of fused-ring (bicyclic) bond motifs is 2. The molecule has 0 saturated heterocycles. The predicted molar refractivity (Wildman–Crippen MR) is 330 cm³/mol. The van der Waals surface area contributed by atoms with Crippen molar-refractivity contribution in [3.8, 4) is 11.5 Å². The topological polar surface area (TPSA) is 495 Å². The van der Waals surface area contributed by atoms with E-state index in [9.17, 15) is 78.3 Å². The average Bonchev–Trinajstić information content (AvgIpc) is 2.19. The molecule has 9 atom stereocenters. The summed E-state index contributed by atoms with van der Waals surface area (Å²) >= 11 is 0. The molecule has 0 spiro atoms. The van der Waals surface area contributed by atoms with Crippen LogP contribution in [0.5, 0.6) is 11.5 Å². The molecule has 0 saturated carbocycles. The van der Waals surface area contributed by atoms with Gasteiger partial charge in [-0.15, -0.1) is 0 Å². The Balaban J connectivity index is 1.24. The van der Waals surface area contributed by atoms with Crippen molar-refractivity contribution in [2.45, 2.75) is 132 Å². The number of nitrogens with one attached hydrogen (secondary N) is 10. The lowest BCUT2D eigenvalue weighted by Crippen LogP contribution is -2.60. The van der Waals surface area contributed by atoms with Gasteiger partial charge in [0.15, 0.2) is 0 Å². The van der Waals surface area contributed by atoms with Crippen LogP contribution in [0.3, 0.4) is 0 Å². The highest BCUT2D eigenvalue weighted by molar-refractivity contribution is 5.99. The number of phenolic OH excluding ortho intramolecular Hbond substituents is 2. The zero-order valence-corrected chi connectivity index (χ0v) is 49.7. The molecule has 0 fully saturated rings. The molecule has 91 heavy (non-hydrogen) atoms.